The molecule has 0 radical (unpaired) electrons. The summed E-state index contributed by atoms with van der Waals surface area (Å²) in [4.78, 5) is 46.0. The van der Waals surface area contributed by atoms with Crippen LogP contribution < -0.4 is 37.8 Å². The van der Waals surface area contributed by atoms with Crippen molar-refractivity contribution in [1.29, 1.82) is 0 Å². The number of ether oxygens (including phenoxy) is 1. The number of rotatable bonds is 9. The van der Waals surface area contributed by atoms with Crippen molar-refractivity contribution < 1.29 is 36.1 Å². The van der Waals surface area contributed by atoms with Crippen LogP contribution in [0.3, 0.4) is 0 Å². The van der Waals surface area contributed by atoms with Gasteiger partial charge in [0.15, 0.2) is 6.16 Å². The second-order valence-corrected chi connectivity index (χ2v) is 15.2. The van der Waals surface area contributed by atoms with Crippen molar-refractivity contribution in [3.8, 4) is 0 Å². The van der Waals surface area contributed by atoms with Gasteiger partial charge in [0.1, 0.15) is 23.2 Å². The van der Waals surface area contributed by atoms with Crippen molar-refractivity contribution in [2.45, 2.75) is 12.0 Å². The Morgan fingerprint density at radius 2 is 1.00 bits per heavy atom. The fraction of sp³-hybridized carbons (Fsp3) is 0.0714. The summed E-state index contributed by atoms with van der Waals surface area (Å²) in [6.07, 6.45) is -0.155. The Balaban J connectivity index is 0.00000417. The van der Waals surface area contributed by atoms with Gasteiger partial charge < -0.3 is 21.7 Å². The molecule has 6 aromatic carbocycles. The molecule has 7 heteroatoms. The van der Waals surface area contributed by atoms with Crippen molar-refractivity contribution in [1.82, 2.24) is 0 Å². The minimum Gasteiger partial charge on any atom is -1.00 e. The fourth-order valence-corrected chi connectivity index (χ4v) is 10.6. The van der Waals surface area contributed by atoms with E-state index >= 15 is 0 Å². The first-order valence-corrected chi connectivity index (χ1v) is 17.8. The number of amides is 1. The second-order valence-electron chi connectivity index (χ2n) is 11.8. The molecule has 0 aliphatic carbocycles. The summed E-state index contributed by atoms with van der Waals surface area (Å²) in [6.45, 7) is 0. The highest BCUT2D eigenvalue weighted by Crippen LogP contribution is 2.55. The van der Waals surface area contributed by atoms with Crippen LogP contribution in [0.5, 0.6) is 0 Å². The molecule has 0 saturated heterocycles. The van der Waals surface area contributed by atoms with Gasteiger partial charge in [-0.2, -0.15) is 0 Å². The van der Waals surface area contributed by atoms with Crippen LogP contribution in [-0.4, -0.2) is 29.4 Å². The number of esters is 1. The molecule has 49 heavy (non-hydrogen) atoms. The van der Waals surface area contributed by atoms with E-state index in [4.69, 9.17) is 4.74 Å². The van der Waals surface area contributed by atoms with Gasteiger partial charge in [-0.1, -0.05) is 115 Å². The molecule has 1 atom stereocenters. The van der Waals surface area contributed by atoms with Gasteiger partial charge in [-0.05, 0) is 66.2 Å². The van der Waals surface area contributed by atoms with Crippen molar-refractivity contribution in [3.63, 3.8) is 0 Å². The topological polar surface area (TPSA) is 63.7 Å². The first kappa shape index (κ1) is 33.7. The predicted molar refractivity (Wildman–Crippen MR) is 193 cm³/mol. The zero-order valence-electron chi connectivity index (χ0n) is 26.6. The van der Waals surface area contributed by atoms with Gasteiger partial charge in [-0.25, -0.2) is 4.79 Å². The molecule has 1 amide bonds. The van der Waals surface area contributed by atoms with Crippen molar-refractivity contribution in [3.05, 3.63) is 187 Å². The number of fused-ring (bicyclic) bond motifs is 1. The van der Waals surface area contributed by atoms with Crippen molar-refractivity contribution in [2.75, 3.05) is 11.1 Å². The summed E-state index contributed by atoms with van der Waals surface area (Å²) >= 11 is 0. The molecule has 0 aromatic heterocycles. The van der Waals surface area contributed by atoms with Crippen LogP contribution in [0.25, 0.3) is 0 Å². The van der Waals surface area contributed by atoms with Crippen LogP contribution >= 0.6 is 7.26 Å². The minimum atomic E-state index is -2.68. The van der Waals surface area contributed by atoms with Gasteiger partial charge in [0.2, 0.25) is 5.78 Å². The highest BCUT2D eigenvalue weighted by atomic mass is 79.9. The van der Waals surface area contributed by atoms with E-state index in [0.29, 0.717) is 22.5 Å². The first-order valence-electron chi connectivity index (χ1n) is 15.9. The number of para-hydroxylation sites is 2. The lowest BCUT2D eigenvalue weighted by atomic mass is 9.81. The number of halogens is 1. The number of ketones is 1. The molecule has 1 aliphatic heterocycles. The molecule has 0 bridgehead atoms. The largest absolute Gasteiger partial charge is 1.00 e. The fourth-order valence-electron chi connectivity index (χ4n) is 6.65. The van der Waals surface area contributed by atoms with Gasteiger partial charge in [0.05, 0.1) is 5.69 Å². The summed E-state index contributed by atoms with van der Waals surface area (Å²) in [5.41, 5.74) is -0.0779. The smallest absolute Gasteiger partial charge is 0.346 e. The van der Waals surface area contributed by atoms with E-state index < -0.39 is 30.5 Å². The van der Waals surface area contributed by atoms with Crippen LogP contribution in [0.4, 0.5) is 11.4 Å². The molecule has 1 aliphatic rings. The molecule has 0 spiro atoms. The Labute approximate surface area is 297 Å². The lowest BCUT2D eigenvalue weighted by Gasteiger charge is -2.41. The molecule has 7 rings (SSSR count). The quantitative estimate of drug-likeness (QED) is 0.128. The zero-order chi connectivity index (χ0) is 33.0. The number of nitrogens with zero attached hydrogens (tertiary/aromatic N) is 1. The number of benzene rings is 6. The van der Waals surface area contributed by atoms with Crippen molar-refractivity contribution >= 4 is 52.2 Å². The van der Waals surface area contributed by atoms with Crippen LogP contribution in [0, 0.1) is 0 Å². The van der Waals surface area contributed by atoms with E-state index in [1.54, 1.807) is 24.3 Å². The standard InChI is InChI=1S/C42H33NO4P.BrH/c44-39(31-48(34-22-10-3-11-23-34,35-24-12-4-13-25-35)36-26-14-5-15-27-36)47-42(30-32-18-6-1-7-19-32)40(45)37-28-16-17-29-38(37)43(41(42)46)33-20-8-2-9-21-33;/h1-29H,30-31H2;1H/q+1;/p-1. The Kier molecular flexibility index (Phi) is 10.0. The van der Waals surface area contributed by atoms with E-state index in [1.165, 1.54) is 4.90 Å². The Hall–Kier alpha value is -5.16. The lowest BCUT2D eigenvalue weighted by Crippen LogP contribution is -3.00. The molecule has 5 nitrogen and oxygen atoms in total. The summed E-state index contributed by atoms with van der Waals surface area (Å²) in [5, 5.41) is 2.98. The summed E-state index contributed by atoms with van der Waals surface area (Å²) in [7, 11) is -2.68. The molecule has 1 heterocycles. The third-order valence-electron chi connectivity index (χ3n) is 8.86. The van der Waals surface area contributed by atoms with Gasteiger partial charge >= 0.3 is 5.97 Å². The van der Waals surface area contributed by atoms with Gasteiger partial charge in [0, 0.05) is 17.7 Å². The number of carbonyl (C=O) groups is 3. The second kappa shape index (κ2) is 14.5. The maximum atomic E-state index is 15.0. The molecule has 6 aromatic rings. The SMILES string of the molecule is O=C(C[P+](c1ccccc1)(c1ccccc1)c1ccccc1)OC1(Cc2ccccc2)C(=O)c2ccccc2N(c2ccccc2)C1=O.[Br-]. The van der Waals surface area contributed by atoms with Gasteiger partial charge in [0.25, 0.3) is 11.5 Å². The molecule has 0 fully saturated rings. The summed E-state index contributed by atoms with van der Waals surface area (Å²) in [5.74, 6) is -1.75. The molecular weight excluding hydrogens is 693 g/mol. The Morgan fingerprint density at radius 1 is 0.571 bits per heavy atom. The number of carbonyl (C=O) groups excluding carboxylic acids is 3. The first-order chi connectivity index (χ1) is 23.5. The molecule has 0 N–H and O–H groups in total. The van der Waals surface area contributed by atoms with Gasteiger partial charge in [-0.3, -0.25) is 14.5 Å². The van der Waals surface area contributed by atoms with Gasteiger partial charge in [-0.15, -0.1) is 0 Å². The average Bonchev–Trinajstić information content (AvgIpc) is 3.15. The monoisotopic (exact) mass is 725 g/mol. The molecular formula is C42H33BrNO4P. The van der Waals surface area contributed by atoms with E-state index in [9.17, 15) is 14.4 Å². The lowest BCUT2D eigenvalue weighted by molar-refractivity contribution is -0.159. The predicted octanol–water partition coefficient (Wildman–Crippen LogP) is 4.07. The Bertz CT molecular complexity index is 1970. The third kappa shape index (κ3) is 6.26. The zero-order valence-corrected chi connectivity index (χ0v) is 29.0. The van der Waals surface area contributed by atoms with Crippen LogP contribution in [0.15, 0.2) is 176 Å². The highest BCUT2D eigenvalue weighted by Gasteiger charge is 2.58. The highest BCUT2D eigenvalue weighted by molar-refractivity contribution is 7.96. The molecule has 0 saturated carbocycles. The van der Waals surface area contributed by atoms with E-state index in [0.717, 1.165) is 15.9 Å². The summed E-state index contributed by atoms with van der Waals surface area (Å²) < 4.78 is 6.48. The maximum Gasteiger partial charge on any atom is 0.346 e. The van der Waals surface area contributed by atoms with Crippen molar-refractivity contribution in [2.24, 2.45) is 0 Å². The van der Waals surface area contributed by atoms with E-state index in [1.807, 2.05) is 152 Å². The molecule has 1 unspecified atom stereocenters. The normalized spacial score (nSPS) is 15.6. The summed E-state index contributed by atoms with van der Waals surface area (Å²) in [6, 6.07) is 55.4. The van der Waals surface area contributed by atoms with Crippen LogP contribution in [0.1, 0.15) is 15.9 Å². The average molecular weight is 727 g/mol. The minimum absolute atomic E-state index is 0. The Morgan fingerprint density at radius 3 is 1.51 bits per heavy atom. The number of hydrogen-bond acceptors (Lipinski definition) is 4. The third-order valence-corrected chi connectivity index (χ3v) is 13.1. The van der Waals surface area contributed by atoms with Crippen LogP contribution in [-0.2, 0) is 20.7 Å². The van der Waals surface area contributed by atoms with Crippen LogP contribution in [0.2, 0.25) is 0 Å². The number of hydrogen-bond donors (Lipinski definition) is 0. The van der Waals surface area contributed by atoms with E-state index in [2.05, 4.69) is 0 Å². The maximum absolute atomic E-state index is 15.0. The molecule has 242 valence electrons. The van der Waals surface area contributed by atoms with E-state index in [-0.39, 0.29) is 29.6 Å². The number of Topliss-reactive ketones (excluding diaryl/α,β-unsaturated/α-hetero) is 1. The number of anilines is 2.